The molecule has 1 aromatic heterocycles. The molecule has 0 aliphatic heterocycles. The highest BCUT2D eigenvalue weighted by Crippen LogP contribution is 2.23. The average molecular weight is 228 g/mol. The summed E-state index contributed by atoms with van der Waals surface area (Å²) in [6.07, 6.45) is 4.04. The van der Waals surface area contributed by atoms with Crippen LogP contribution in [-0.2, 0) is 0 Å². The van der Waals surface area contributed by atoms with Gasteiger partial charge in [0, 0.05) is 17.6 Å². The molecule has 0 bridgehead atoms. The normalized spacial score (nSPS) is 14.8. The first kappa shape index (κ1) is 12.1. The molecule has 2 N–H and O–H groups in total. The van der Waals surface area contributed by atoms with Crippen LogP contribution in [0.2, 0.25) is 0 Å². The molecule has 2 nitrogen and oxygen atoms in total. The van der Waals surface area contributed by atoms with E-state index in [2.05, 4.69) is 43.1 Å². The van der Waals surface area contributed by atoms with Gasteiger partial charge < -0.3 is 5.73 Å². The summed E-state index contributed by atoms with van der Waals surface area (Å²) in [7, 11) is 0. The van der Waals surface area contributed by atoms with Crippen molar-refractivity contribution in [2.75, 3.05) is 0 Å². The molecule has 0 amide bonds. The number of hydrogen-bond acceptors (Lipinski definition) is 2. The Balaban J connectivity index is 2.23. The summed E-state index contributed by atoms with van der Waals surface area (Å²) in [5.41, 5.74) is 8.46. The smallest absolute Gasteiger partial charge is 0.0705 e. The molecule has 0 aliphatic rings. The maximum absolute atomic E-state index is 6.23. The Bertz CT molecular complexity index is 493. The van der Waals surface area contributed by atoms with Crippen LogP contribution in [0.1, 0.15) is 38.3 Å². The van der Waals surface area contributed by atoms with Crippen LogP contribution in [0.5, 0.6) is 0 Å². The first-order chi connectivity index (χ1) is 8.20. The van der Waals surface area contributed by atoms with Crippen LogP contribution in [0, 0.1) is 5.92 Å². The van der Waals surface area contributed by atoms with Crippen molar-refractivity contribution in [1.29, 1.82) is 0 Å². The number of aromatic nitrogens is 1. The molecule has 0 fully saturated rings. The van der Waals surface area contributed by atoms with Crippen LogP contribution in [0.15, 0.2) is 36.5 Å². The van der Waals surface area contributed by atoms with Gasteiger partial charge in [0.2, 0.25) is 0 Å². The van der Waals surface area contributed by atoms with E-state index in [-0.39, 0.29) is 6.04 Å². The quantitative estimate of drug-likeness (QED) is 0.867. The monoisotopic (exact) mass is 228 g/mol. The van der Waals surface area contributed by atoms with E-state index in [1.807, 2.05) is 12.3 Å². The second-order valence-corrected chi connectivity index (χ2v) is 4.81. The number of fused-ring (bicyclic) bond motifs is 1. The van der Waals surface area contributed by atoms with E-state index in [1.54, 1.807) is 0 Å². The minimum atomic E-state index is 0.122. The van der Waals surface area contributed by atoms with E-state index in [4.69, 9.17) is 5.73 Å². The SMILES string of the molecule is CCC(C)CC(N)c1ccc2cccnc2c1. The van der Waals surface area contributed by atoms with Crippen LogP contribution in [0.25, 0.3) is 10.9 Å². The molecule has 17 heavy (non-hydrogen) atoms. The number of benzene rings is 1. The van der Waals surface area contributed by atoms with Crippen molar-refractivity contribution in [3.63, 3.8) is 0 Å². The Labute approximate surface area is 103 Å². The molecule has 2 aromatic rings. The highest BCUT2D eigenvalue weighted by atomic mass is 14.7. The lowest BCUT2D eigenvalue weighted by Crippen LogP contribution is -2.13. The van der Waals surface area contributed by atoms with Crippen molar-refractivity contribution in [2.45, 2.75) is 32.7 Å². The Morgan fingerprint density at radius 2 is 2.12 bits per heavy atom. The highest BCUT2D eigenvalue weighted by molar-refractivity contribution is 5.78. The van der Waals surface area contributed by atoms with Crippen molar-refractivity contribution >= 4 is 10.9 Å². The molecule has 0 saturated carbocycles. The van der Waals surface area contributed by atoms with Crippen LogP contribution in [0.4, 0.5) is 0 Å². The lowest BCUT2D eigenvalue weighted by Gasteiger charge is -2.16. The van der Waals surface area contributed by atoms with Gasteiger partial charge in [-0.25, -0.2) is 0 Å². The summed E-state index contributed by atoms with van der Waals surface area (Å²) in [5.74, 6) is 0.671. The predicted octanol–water partition coefficient (Wildman–Crippen LogP) is 3.67. The third kappa shape index (κ3) is 2.83. The fourth-order valence-electron chi connectivity index (χ4n) is 2.05. The second-order valence-electron chi connectivity index (χ2n) is 4.81. The molecule has 2 unspecified atom stereocenters. The molecule has 2 atom stereocenters. The molecule has 0 aliphatic carbocycles. The zero-order valence-electron chi connectivity index (χ0n) is 10.6. The Morgan fingerprint density at radius 1 is 1.29 bits per heavy atom. The van der Waals surface area contributed by atoms with Gasteiger partial charge in [-0.3, -0.25) is 4.98 Å². The molecule has 0 radical (unpaired) electrons. The van der Waals surface area contributed by atoms with Gasteiger partial charge >= 0.3 is 0 Å². The van der Waals surface area contributed by atoms with Crippen LogP contribution < -0.4 is 5.73 Å². The van der Waals surface area contributed by atoms with E-state index in [1.165, 1.54) is 17.4 Å². The summed E-state index contributed by atoms with van der Waals surface area (Å²) in [6, 6.07) is 10.5. The van der Waals surface area contributed by atoms with E-state index < -0.39 is 0 Å². The maximum atomic E-state index is 6.23. The van der Waals surface area contributed by atoms with Gasteiger partial charge in [-0.05, 0) is 30.0 Å². The molecule has 0 saturated heterocycles. The van der Waals surface area contributed by atoms with Crippen LogP contribution >= 0.6 is 0 Å². The van der Waals surface area contributed by atoms with Gasteiger partial charge in [0.25, 0.3) is 0 Å². The van der Waals surface area contributed by atoms with Gasteiger partial charge in [0.15, 0.2) is 0 Å². The Kier molecular flexibility index (Phi) is 3.75. The molecule has 1 heterocycles. The van der Waals surface area contributed by atoms with Crippen LogP contribution in [-0.4, -0.2) is 4.98 Å². The topological polar surface area (TPSA) is 38.9 Å². The first-order valence-electron chi connectivity index (χ1n) is 6.31. The number of nitrogens with two attached hydrogens (primary N) is 1. The van der Waals surface area contributed by atoms with Crippen molar-refractivity contribution in [3.8, 4) is 0 Å². The number of nitrogens with zero attached hydrogens (tertiary/aromatic N) is 1. The second kappa shape index (κ2) is 5.28. The summed E-state index contributed by atoms with van der Waals surface area (Å²) in [4.78, 5) is 4.37. The Hall–Kier alpha value is -1.41. The van der Waals surface area contributed by atoms with Gasteiger partial charge in [0.05, 0.1) is 5.52 Å². The minimum absolute atomic E-state index is 0.122. The van der Waals surface area contributed by atoms with Gasteiger partial charge in [-0.1, -0.05) is 38.5 Å². The number of hydrogen-bond donors (Lipinski definition) is 1. The standard InChI is InChI=1S/C15H20N2/c1-3-11(2)9-14(16)13-7-6-12-5-4-8-17-15(12)10-13/h4-8,10-11,14H,3,9,16H2,1-2H3. The fourth-order valence-corrected chi connectivity index (χ4v) is 2.05. The number of rotatable bonds is 4. The summed E-state index contributed by atoms with van der Waals surface area (Å²) in [6.45, 7) is 4.46. The first-order valence-corrected chi connectivity index (χ1v) is 6.31. The molecule has 2 heteroatoms. The molecular weight excluding hydrogens is 208 g/mol. The van der Waals surface area contributed by atoms with Crippen molar-refractivity contribution in [3.05, 3.63) is 42.1 Å². The maximum Gasteiger partial charge on any atom is 0.0705 e. The van der Waals surface area contributed by atoms with Gasteiger partial charge in [-0.15, -0.1) is 0 Å². The van der Waals surface area contributed by atoms with Crippen LogP contribution in [0.3, 0.4) is 0 Å². The third-order valence-electron chi connectivity index (χ3n) is 3.41. The molecule has 90 valence electrons. The predicted molar refractivity (Wildman–Crippen MR) is 72.7 cm³/mol. The summed E-state index contributed by atoms with van der Waals surface area (Å²) >= 11 is 0. The zero-order chi connectivity index (χ0) is 12.3. The molecule has 0 spiro atoms. The van der Waals surface area contributed by atoms with Gasteiger partial charge in [0.1, 0.15) is 0 Å². The highest BCUT2D eigenvalue weighted by Gasteiger charge is 2.10. The zero-order valence-corrected chi connectivity index (χ0v) is 10.6. The van der Waals surface area contributed by atoms with Crippen molar-refractivity contribution in [2.24, 2.45) is 11.7 Å². The van der Waals surface area contributed by atoms with Gasteiger partial charge in [-0.2, -0.15) is 0 Å². The largest absolute Gasteiger partial charge is 0.324 e. The lowest BCUT2D eigenvalue weighted by atomic mass is 9.94. The van der Waals surface area contributed by atoms with E-state index in [0.29, 0.717) is 5.92 Å². The van der Waals surface area contributed by atoms with E-state index in [0.717, 1.165) is 11.9 Å². The molecular formula is C15H20N2. The lowest BCUT2D eigenvalue weighted by molar-refractivity contribution is 0.461. The molecule has 2 rings (SSSR count). The Morgan fingerprint density at radius 3 is 2.88 bits per heavy atom. The summed E-state index contributed by atoms with van der Waals surface area (Å²) in [5, 5.41) is 1.17. The molecule has 1 aromatic carbocycles. The van der Waals surface area contributed by atoms with E-state index >= 15 is 0 Å². The fraction of sp³-hybridized carbons (Fsp3) is 0.400. The minimum Gasteiger partial charge on any atom is -0.324 e. The van der Waals surface area contributed by atoms with Crippen molar-refractivity contribution in [1.82, 2.24) is 4.98 Å². The third-order valence-corrected chi connectivity index (χ3v) is 3.41. The van der Waals surface area contributed by atoms with Crippen molar-refractivity contribution < 1.29 is 0 Å². The number of pyridine rings is 1. The summed E-state index contributed by atoms with van der Waals surface area (Å²) < 4.78 is 0. The average Bonchev–Trinajstić information content (AvgIpc) is 2.38. The van der Waals surface area contributed by atoms with E-state index in [9.17, 15) is 0 Å².